The normalized spacial score (nSPS) is 11.6. The fourth-order valence-corrected chi connectivity index (χ4v) is 3.48. The van der Waals surface area contributed by atoms with Crippen LogP contribution < -0.4 is 4.72 Å². The number of sulfonamides is 1. The van der Waals surface area contributed by atoms with Crippen LogP contribution in [0.5, 0.6) is 0 Å². The molecule has 21 heavy (non-hydrogen) atoms. The fourth-order valence-electron chi connectivity index (χ4n) is 1.72. The van der Waals surface area contributed by atoms with Crippen molar-refractivity contribution in [1.29, 1.82) is 0 Å². The molecule has 0 saturated heterocycles. The van der Waals surface area contributed by atoms with Gasteiger partial charge in [0, 0.05) is 16.0 Å². The van der Waals surface area contributed by atoms with E-state index in [4.69, 9.17) is 16.7 Å². The number of benzene rings is 2. The van der Waals surface area contributed by atoms with Crippen LogP contribution in [0, 0.1) is 0 Å². The zero-order valence-electron chi connectivity index (χ0n) is 10.9. The molecule has 0 radical (unpaired) electrons. The van der Waals surface area contributed by atoms with Crippen LogP contribution in [-0.4, -0.2) is 13.5 Å². The van der Waals surface area contributed by atoms with Crippen LogP contribution in [0.3, 0.4) is 0 Å². The van der Waals surface area contributed by atoms with Gasteiger partial charge in [-0.1, -0.05) is 51.8 Å². The van der Waals surface area contributed by atoms with Gasteiger partial charge in [-0.05, 0) is 29.3 Å². The smallest absolute Gasteiger partial charge is 0.240 e. The lowest BCUT2D eigenvalue weighted by Gasteiger charge is -2.09. The lowest BCUT2D eigenvalue weighted by molar-refractivity contribution is 0.282. The topological polar surface area (TPSA) is 66.4 Å². The molecule has 0 saturated carbocycles. The molecule has 2 N–H and O–H groups in total. The van der Waals surface area contributed by atoms with Crippen LogP contribution >= 0.6 is 27.5 Å². The van der Waals surface area contributed by atoms with Gasteiger partial charge in [-0.3, -0.25) is 0 Å². The maximum absolute atomic E-state index is 12.2. The summed E-state index contributed by atoms with van der Waals surface area (Å²) in [7, 11) is -3.66. The molecule has 2 aromatic carbocycles. The van der Waals surface area contributed by atoms with Crippen molar-refractivity contribution >= 4 is 37.6 Å². The molecule has 0 aliphatic heterocycles. The first kappa shape index (κ1) is 16.5. The van der Waals surface area contributed by atoms with Gasteiger partial charge in [0.25, 0.3) is 0 Å². The Hall–Kier alpha value is -0.920. The van der Waals surface area contributed by atoms with Crippen molar-refractivity contribution in [2.75, 3.05) is 0 Å². The van der Waals surface area contributed by atoms with Crippen molar-refractivity contribution in [2.45, 2.75) is 18.0 Å². The van der Waals surface area contributed by atoms with Gasteiger partial charge in [-0.15, -0.1) is 0 Å². The molecular formula is C14H13BrClNO3S. The molecule has 7 heteroatoms. The van der Waals surface area contributed by atoms with Crippen LogP contribution in [0.1, 0.15) is 11.1 Å². The minimum atomic E-state index is -3.66. The summed E-state index contributed by atoms with van der Waals surface area (Å²) in [4.78, 5) is 0.0664. The average molecular weight is 391 g/mol. The molecule has 0 fully saturated rings. The second-order valence-electron chi connectivity index (χ2n) is 4.33. The number of aliphatic hydroxyl groups is 1. The third-order valence-electron chi connectivity index (χ3n) is 2.92. The summed E-state index contributed by atoms with van der Waals surface area (Å²) in [5.41, 5.74) is 1.32. The number of hydrogen-bond acceptors (Lipinski definition) is 3. The van der Waals surface area contributed by atoms with Crippen LogP contribution in [0.15, 0.2) is 51.8 Å². The summed E-state index contributed by atoms with van der Waals surface area (Å²) in [6.45, 7) is -0.0628. The summed E-state index contributed by atoms with van der Waals surface area (Å²) in [5.74, 6) is 0. The minimum Gasteiger partial charge on any atom is -0.392 e. The summed E-state index contributed by atoms with van der Waals surface area (Å²) >= 11 is 9.29. The van der Waals surface area contributed by atoms with Crippen LogP contribution in [0.4, 0.5) is 0 Å². The molecule has 0 aromatic heterocycles. The Morgan fingerprint density at radius 1 is 1.14 bits per heavy atom. The van der Waals surface area contributed by atoms with E-state index < -0.39 is 10.0 Å². The molecule has 0 heterocycles. The molecule has 2 rings (SSSR count). The molecule has 0 spiro atoms. The van der Waals surface area contributed by atoms with E-state index in [0.717, 1.165) is 10.0 Å². The van der Waals surface area contributed by atoms with E-state index in [1.54, 1.807) is 0 Å². The van der Waals surface area contributed by atoms with Crippen molar-refractivity contribution in [3.63, 3.8) is 0 Å². The molecule has 0 amide bonds. The second-order valence-corrected chi connectivity index (χ2v) is 7.36. The Balaban J connectivity index is 2.19. The van der Waals surface area contributed by atoms with Crippen molar-refractivity contribution in [3.8, 4) is 0 Å². The van der Waals surface area contributed by atoms with Crippen LogP contribution in [-0.2, 0) is 23.2 Å². The van der Waals surface area contributed by atoms with Gasteiger partial charge in [0.1, 0.15) is 0 Å². The first-order chi connectivity index (χ1) is 9.94. The lowest BCUT2D eigenvalue weighted by Crippen LogP contribution is -2.23. The number of rotatable bonds is 5. The van der Waals surface area contributed by atoms with E-state index >= 15 is 0 Å². The average Bonchev–Trinajstić information content (AvgIpc) is 2.46. The predicted molar refractivity (Wildman–Crippen MR) is 85.5 cm³/mol. The molecule has 0 unspecified atom stereocenters. The first-order valence-electron chi connectivity index (χ1n) is 6.06. The summed E-state index contributed by atoms with van der Waals surface area (Å²) in [5, 5.41) is 9.26. The van der Waals surface area contributed by atoms with Gasteiger partial charge >= 0.3 is 0 Å². The second kappa shape index (κ2) is 6.89. The van der Waals surface area contributed by atoms with Crippen LogP contribution in [0.2, 0.25) is 5.02 Å². The Kier molecular flexibility index (Phi) is 5.40. The van der Waals surface area contributed by atoms with Crippen molar-refractivity contribution < 1.29 is 13.5 Å². The summed E-state index contributed by atoms with van der Waals surface area (Å²) < 4.78 is 27.8. The van der Waals surface area contributed by atoms with E-state index in [9.17, 15) is 8.42 Å². The largest absolute Gasteiger partial charge is 0.392 e. The maximum Gasteiger partial charge on any atom is 0.240 e. The Bertz CT molecular complexity index is 750. The maximum atomic E-state index is 12.2. The predicted octanol–water partition coefficient (Wildman–Crippen LogP) is 3.07. The minimum absolute atomic E-state index is 0.0664. The highest BCUT2D eigenvalue weighted by Crippen LogP contribution is 2.21. The summed E-state index contributed by atoms with van der Waals surface area (Å²) in [6.07, 6.45) is 0. The molecule has 0 bridgehead atoms. The molecule has 112 valence electrons. The highest BCUT2D eigenvalue weighted by atomic mass is 79.9. The van der Waals surface area contributed by atoms with Gasteiger partial charge in [-0.25, -0.2) is 13.1 Å². The molecule has 4 nitrogen and oxygen atoms in total. The Labute approximate surface area is 136 Å². The van der Waals surface area contributed by atoms with E-state index in [0.29, 0.717) is 5.56 Å². The van der Waals surface area contributed by atoms with E-state index in [1.165, 1.54) is 18.2 Å². The van der Waals surface area contributed by atoms with E-state index in [-0.39, 0.29) is 23.1 Å². The Morgan fingerprint density at radius 3 is 2.48 bits per heavy atom. The molecule has 0 aliphatic rings. The Morgan fingerprint density at radius 2 is 1.86 bits per heavy atom. The number of halogens is 2. The summed E-state index contributed by atoms with van der Waals surface area (Å²) in [6, 6.07) is 11.6. The number of aliphatic hydroxyl groups excluding tert-OH is 1. The highest BCUT2D eigenvalue weighted by Gasteiger charge is 2.15. The third kappa shape index (κ3) is 4.05. The highest BCUT2D eigenvalue weighted by molar-refractivity contribution is 9.10. The van der Waals surface area contributed by atoms with Crippen molar-refractivity contribution in [1.82, 2.24) is 4.72 Å². The monoisotopic (exact) mass is 389 g/mol. The number of nitrogens with one attached hydrogen (secondary N) is 1. The zero-order valence-corrected chi connectivity index (χ0v) is 14.0. The van der Waals surface area contributed by atoms with Gasteiger partial charge in [0.05, 0.1) is 11.5 Å². The van der Waals surface area contributed by atoms with Crippen molar-refractivity contribution in [3.05, 3.63) is 63.1 Å². The lowest BCUT2D eigenvalue weighted by atomic mass is 10.2. The zero-order chi connectivity index (χ0) is 15.5. The molecule has 0 atom stereocenters. The molecular weight excluding hydrogens is 378 g/mol. The molecule has 2 aromatic rings. The van der Waals surface area contributed by atoms with Crippen molar-refractivity contribution in [2.24, 2.45) is 0 Å². The van der Waals surface area contributed by atoms with Gasteiger partial charge in [-0.2, -0.15) is 0 Å². The third-order valence-corrected chi connectivity index (χ3v) is 5.44. The first-order valence-corrected chi connectivity index (χ1v) is 8.72. The van der Waals surface area contributed by atoms with Gasteiger partial charge in [0.15, 0.2) is 0 Å². The molecule has 0 aliphatic carbocycles. The standard InChI is InChI=1S/C14H13BrClNO3S/c15-13-4-2-1-3-10(13)8-17-21(19,20)12-6-5-11(9-18)14(16)7-12/h1-7,17-18H,8-9H2. The number of hydrogen-bond donors (Lipinski definition) is 2. The van der Waals surface area contributed by atoms with Crippen LogP contribution in [0.25, 0.3) is 0 Å². The van der Waals surface area contributed by atoms with Gasteiger partial charge in [0.2, 0.25) is 10.0 Å². The van der Waals surface area contributed by atoms with Gasteiger partial charge < -0.3 is 5.11 Å². The SMILES string of the molecule is O=S(=O)(NCc1ccccc1Br)c1ccc(CO)c(Cl)c1. The quantitative estimate of drug-likeness (QED) is 0.824. The van der Waals surface area contributed by atoms with E-state index in [1.807, 2.05) is 24.3 Å². The van der Waals surface area contributed by atoms with E-state index in [2.05, 4.69) is 20.7 Å². The fraction of sp³-hybridized carbons (Fsp3) is 0.143.